The summed E-state index contributed by atoms with van der Waals surface area (Å²) in [6, 6.07) is 159. The van der Waals surface area contributed by atoms with E-state index in [0.29, 0.717) is 11.8 Å². The minimum Gasteiger partial charge on any atom is -0.455 e. The van der Waals surface area contributed by atoms with Crippen LogP contribution in [0.25, 0.3) is 143 Å². The highest BCUT2D eigenvalue weighted by atomic mass is 16.3. The normalized spacial score (nSPS) is 14.1. The SMILES string of the molecule is CC(C)c1ccc(N(c2ccccc2)c2cc3c(c4c2oc2cc(-c5cccc6c5-c5ccccc5C65c6cc(N(c7ccccc7)c7ccc(C(C)(C)C)cc7)c7c(oc8ccccc87)c6-c6c5cc(N(c5ccccc5)c5ccc(C(C)(C)C)cc5)c5oc7ccccc7c65)ccc24)-c2c(cc(N(c4ccccc4)c4ccc(C(C)C)cc4)c4c2oc2ccccc24)C32c3ccccc3-c3ccccc32)cc1. The Bertz CT molecular complexity index is 9350. The summed E-state index contributed by atoms with van der Waals surface area (Å²) in [4.78, 5) is 9.85. The van der Waals surface area contributed by atoms with Crippen LogP contribution in [0.15, 0.2) is 442 Å². The van der Waals surface area contributed by atoms with Gasteiger partial charge < -0.3 is 37.3 Å². The van der Waals surface area contributed by atoms with Crippen molar-refractivity contribution >= 4 is 156 Å². The maximum absolute atomic E-state index is 8.30. The molecule has 1 atom stereocenters. The molecule has 4 aromatic heterocycles. The van der Waals surface area contributed by atoms with E-state index in [1.165, 1.54) is 44.5 Å². The van der Waals surface area contributed by atoms with E-state index in [0.717, 1.165) is 234 Å². The zero-order valence-corrected chi connectivity index (χ0v) is 82.0. The molecule has 4 aliphatic rings. The fraction of sp³-hybridized carbons (Fsp3) is 0.118. The average molecular weight is 1860 g/mol. The van der Waals surface area contributed by atoms with Gasteiger partial charge in [-0.05, 0) is 274 Å². The van der Waals surface area contributed by atoms with E-state index in [9.17, 15) is 0 Å². The summed E-state index contributed by atoms with van der Waals surface area (Å²) in [7, 11) is 0. The highest BCUT2D eigenvalue weighted by molar-refractivity contribution is 6.29. The number of para-hydroxylation sites is 7. The van der Waals surface area contributed by atoms with Gasteiger partial charge in [0.25, 0.3) is 0 Å². The third-order valence-electron chi connectivity index (χ3n) is 31.7. The first-order valence-corrected chi connectivity index (χ1v) is 50.6. The summed E-state index contributed by atoms with van der Waals surface area (Å²) in [5, 5.41) is 8.06. The zero-order chi connectivity index (χ0) is 96.7. The van der Waals surface area contributed by atoms with Crippen molar-refractivity contribution in [2.45, 2.75) is 103 Å². The second-order valence-electron chi connectivity index (χ2n) is 42.3. The van der Waals surface area contributed by atoms with E-state index >= 15 is 0 Å². The van der Waals surface area contributed by atoms with Gasteiger partial charge in [0.2, 0.25) is 0 Å². The molecule has 24 aromatic rings. The van der Waals surface area contributed by atoms with Crippen LogP contribution in [0.5, 0.6) is 0 Å². The lowest BCUT2D eigenvalue weighted by Crippen LogP contribution is -2.27. The Kier molecular flexibility index (Phi) is 18.6. The third-order valence-corrected chi connectivity index (χ3v) is 31.7. The van der Waals surface area contributed by atoms with E-state index in [4.69, 9.17) is 17.7 Å². The van der Waals surface area contributed by atoms with E-state index in [1.807, 2.05) is 0 Å². The number of furan rings is 4. The summed E-state index contributed by atoms with van der Waals surface area (Å²) in [6.07, 6.45) is 0. The van der Waals surface area contributed by atoms with Gasteiger partial charge in [-0.3, -0.25) is 0 Å². The fourth-order valence-corrected chi connectivity index (χ4v) is 25.1. The second-order valence-corrected chi connectivity index (χ2v) is 42.3. The number of hydrogen-bond donors (Lipinski definition) is 0. The Morgan fingerprint density at radius 1 is 0.208 bits per heavy atom. The van der Waals surface area contributed by atoms with Crippen molar-refractivity contribution < 1.29 is 17.7 Å². The predicted octanol–water partition coefficient (Wildman–Crippen LogP) is 38.4. The minimum absolute atomic E-state index is 0.101. The quantitative estimate of drug-likeness (QED) is 0.101. The predicted molar refractivity (Wildman–Crippen MR) is 598 cm³/mol. The summed E-state index contributed by atoms with van der Waals surface area (Å²) in [5.41, 5.74) is 41.0. The molecule has 2 spiro atoms. The summed E-state index contributed by atoms with van der Waals surface area (Å²) >= 11 is 0. The highest BCUT2D eigenvalue weighted by Crippen LogP contribution is 2.72. The van der Waals surface area contributed by atoms with E-state index in [1.54, 1.807) is 0 Å². The van der Waals surface area contributed by atoms with Gasteiger partial charge in [-0.2, -0.15) is 0 Å². The van der Waals surface area contributed by atoms with Crippen LogP contribution < -0.4 is 19.6 Å². The number of rotatable bonds is 15. The van der Waals surface area contributed by atoms with Gasteiger partial charge in [0, 0.05) is 100 Å². The molecule has 0 saturated heterocycles. The largest absolute Gasteiger partial charge is 0.455 e. The van der Waals surface area contributed by atoms with Crippen molar-refractivity contribution in [1.82, 2.24) is 0 Å². The molecule has 1 unspecified atom stereocenters. The molecule has 0 N–H and O–H groups in total. The van der Waals surface area contributed by atoms with Gasteiger partial charge in [-0.1, -0.05) is 342 Å². The third kappa shape index (κ3) is 12.2. The molecule has 144 heavy (non-hydrogen) atoms. The monoisotopic (exact) mass is 1850 g/mol. The van der Waals surface area contributed by atoms with Gasteiger partial charge in [0.1, 0.15) is 33.5 Å². The molecule has 8 heteroatoms. The molecule has 20 aromatic carbocycles. The molecule has 28 rings (SSSR count). The lowest BCUT2D eigenvalue weighted by molar-refractivity contribution is 0.590. The van der Waals surface area contributed by atoms with E-state index < -0.39 is 10.8 Å². The first-order valence-electron chi connectivity index (χ1n) is 50.6. The Morgan fingerprint density at radius 2 is 0.500 bits per heavy atom. The smallest absolute Gasteiger partial charge is 0.160 e. The van der Waals surface area contributed by atoms with Gasteiger partial charge in [0.15, 0.2) is 11.2 Å². The number of anilines is 12. The molecule has 0 aliphatic heterocycles. The van der Waals surface area contributed by atoms with Crippen LogP contribution in [-0.2, 0) is 21.7 Å². The van der Waals surface area contributed by atoms with Gasteiger partial charge in [-0.15, -0.1) is 0 Å². The summed E-state index contributed by atoms with van der Waals surface area (Å²) < 4.78 is 31.8. The molecule has 690 valence electrons. The van der Waals surface area contributed by atoms with Crippen molar-refractivity contribution in [2.75, 3.05) is 19.6 Å². The molecule has 8 nitrogen and oxygen atoms in total. The van der Waals surface area contributed by atoms with Crippen LogP contribution in [0.3, 0.4) is 0 Å². The molecule has 0 bridgehead atoms. The highest BCUT2D eigenvalue weighted by Gasteiger charge is 2.58. The molecule has 0 fully saturated rings. The minimum atomic E-state index is -1.08. The fourth-order valence-electron chi connectivity index (χ4n) is 25.1. The van der Waals surface area contributed by atoms with Gasteiger partial charge in [-0.25, -0.2) is 0 Å². The van der Waals surface area contributed by atoms with Crippen LogP contribution in [0.4, 0.5) is 68.2 Å². The van der Waals surface area contributed by atoms with Crippen molar-refractivity contribution in [3.05, 3.63) is 491 Å². The maximum Gasteiger partial charge on any atom is 0.160 e. The Hall–Kier alpha value is -17.2. The molecule has 0 saturated carbocycles. The summed E-state index contributed by atoms with van der Waals surface area (Å²) in [6.45, 7) is 22.8. The standard InChI is InChI=1S/C136H102N4O4/c1-81(2)83-58-67-92(68-59-83)137(88-36-15-11-16-37-88)112-77-110-127(131-121(112)100-47-26-32-55-116(100)142-131)125-108(135(110)104-51-29-23-44-97(104)98-45-24-30-52-105(98)135)79-115(139(90-40-19-13-20-41-90)93-69-60-84(61-70-93)82(3)4)130-124(125)103-75-62-85(76-119(103)144-130)96-50-35-54-107-120(96)99-46-25-31-53-106(99)136(107)109-80-114(140(91-42-21-14-22-43-91)95-73-65-87(66-74-95)134(8,9)10)129-123(102-49-28-34-57-118(102)141-129)126(109)128-111(136)78-113(122-101-48-27-33-56-117(101)143-132(122)128)138(89-38-17-12-18-39-89)94-71-63-86(64-72-94)133(5,6)7/h11-82H,1-10H3. The topological polar surface area (TPSA) is 65.5 Å². The van der Waals surface area contributed by atoms with Crippen LogP contribution >= 0.6 is 0 Å². The van der Waals surface area contributed by atoms with Crippen LogP contribution in [0, 0.1) is 0 Å². The molecule has 4 aliphatic carbocycles. The number of hydrogen-bond acceptors (Lipinski definition) is 8. The van der Waals surface area contributed by atoms with Crippen LogP contribution in [-0.4, -0.2) is 0 Å². The zero-order valence-electron chi connectivity index (χ0n) is 82.0. The van der Waals surface area contributed by atoms with Crippen molar-refractivity contribution in [2.24, 2.45) is 0 Å². The lowest BCUT2D eigenvalue weighted by atomic mass is 9.70. The lowest BCUT2D eigenvalue weighted by Gasteiger charge is -2.34. The molecule has 0 radical (unpaired) electrons. The molecular formula is C136H102N4O4. The maximum atomic E-state index is 8.30. The van der Waals surface area contributed by atoms with Crippen molar-refractivity contribution in [1.29, 1.82) is 0 Å². The van der Waals surface area contributed by atoms with Crippen LogP contribution in [0.1, 0.15) is 148 Å². The molecule has 4 heterocycles. The number of fused-ring (bicyclic) bond motifs is 36. The average Bonchev–Trinajstić information content (AvgIpc) is 1.48. The second kappa shape index (κ2) is 31.7. The molecule has 0 amide bonds. The Morgan fingerprint density at radius 3 is 0.903 bits per heavy atom. The van der Waals surface area contributed by atoms with E-state index in [2.05, 4.69) is 513 Å². The first kappa shape index (κ1) is 84.8. The van der Waals surface area contributed by atoms with E-state index in [-0.39, 0.29) is 10.8 Å². The van der Waals surface area contributed by atoms with Gasteiger partial charge >= 0.3 is 0 Å². The number of benzene rings is 20. The summed E-state index contributed by atoms with van der Waals surface area (Å²) in [5.74, 6) is 0.632. The van der Waals surface area contributed by atoms with Crippen molar-refractivity contribution in [3.63, 3.8) is 0 Å². The van der Waals surface area contributed by atoms with Gasteiger partial charge in [0.05, 0.1) is 44.4 Å². The Balaban J connectivity index is 0.757. The molecular weight excluding hydrogens is 1750 g/mol. The Labute approximate surface area is 837 Å². The number of nitrogens with zero attached hydrogens (tertiary/aromatic N) is 4. The first-order chi connectivity index (χ1) is 70.4. The van der Waals surface area contributed by atoms with Crippen molar-refractivity contribution in [3.8, 4) is 55.6 Å². The van der Waals surface area contributed by atoms with Crippen LogP contribution in [0.2, 0.25) is 0 Å².